The molecular weight excluding hydrogens is 450 g/mol. The van der Waals surface area contributed by atoms with Gasteiger partial charge in [0, 0.05) is 47.1 Å². The summed E-state index contributed by atoms with van der Waals surface area (Å²) in [5.74, 6) is 0.835. The van der Waals surface area contributed by atoms with E-state index in [0.29, 0.717) is 11.1 Å². The Hall–Kier alpha value is -3.33. The van der Waals surface area contributed by atoms with Gasteiger partial charge in [-0.05, 0) is 74.2 Å². The van der Waals surface area contributed by atoms with Gasteiger partial charge in [-0.2, -0.15) is 5.26 Å². The molecule has 36 heavy (non-hydrogen) atoms. The van der Waals surface area contributed by atoms with E-state index in [2.05, 4.69) is 44.0 Å². The zero-order valence-electron chi connectivity index (χ0n) is 22.2. The Kier molecular flexibility index (Phi) is 6.88. The molecule has 2 aromatic rings. The standard InChI is InChI=1S/C30H37N3O3/c1-19-15-24(16-20(2)25(19)17-31)36-28-29(3,4)27(30(28,5)6)32-26(35)22-7-9-23(10-8-22)33-13-11-21(18-34)12-14-33/h7-10,15-16,18,21,27-28H,11-14H2,1-6H3,(H,32,35). The first kappa shape index (κ1) is 25.8. The smallest absolute Gasteiger partial charge is 0.251 e. The van der Waals surface area contributed by atoms with E-state index in [-0.39, 0.29) is 34.8 Å². The first-order valence-electron chi connectivity index (χ1n) is 12.8. The minimum Gasteiger partial charge on any atom is -0.489 e. The number of nitrogens with zero attached hydrogens (tertiary/aromatic N) is 2. The molecule has 1 saturated heterocycles. The molecule has 6 nitrogen and oxygen atoms in total. The van der Waals surface area contributed by atoms with Crippen molar-refractivity contribution in [2.45, 2.75) is 66.5 Å². The Labute approximate surface area is 214 Å². The Morgan fingerprint density at radius 2 is 1.61 bits per heavy atom. The molecule has 0 bridgehead atoms. The van der Waals surface area contributed by atoms with Crippen LogP contribution in [0.3, 0.4) is 0 Å². The highest BCUT2D eigenvalue weighted by atomic mass is 16.5. The molecule has 4 rings (SSSR count). The van der Waals surface area contributed by atoms with Gasteiger partial charge in [0.2, 0.25) is 0 Å². The fourth-order valence-corrected chi connectivity index (χ4v) is 6.44. The van der Waals surface area contributed by atoms with Crippen LogP contribution < -0.4 is 15.0 Å². The van der Waals surface area contributed by atoms with E-state index < -0.39 is 0 Å². The molecule has 1 saturated carbocycles. The summed E-state index contributed by atoms with van der Waals surface area (Å²) in [6.45, 7) is 14.1. The first-order valence-corrected chi connectivity index (χ1v) is 12.8. The van der Waals surface area contributed by atoms with E-state index in [9.17, 15) is 14.9 Å². The van der Waals surface area contributed by atoms with E-state index in [1.54, 1.807) is 0 Å². The van der Waals surface area contributed by atoms with Crippen molar-refractivity contribution in [2.75, 3.05) is 18.0 Å². The highest BCUT2D eigenvalue weighted by molar-refractivity contribution is 5.95. The zero-order valence-corrected chi connectivity index (χ0v) is 22.2. The van der Waals surface area contributed by atoms with Gasteiger partial charge in [0.1, 0.15) is 18.1 Å². The number of hydrogen-bond donors (Lipinski definition) is 1. The number of carbonyl (C=O) groups excluding carboxylic acids is 2. The molecule has 0 unspecified atom stereocenters. The number of piperidine rings is 1. The van der Waals surface area contributed by atoms with Crippen molar-refractivity contribution in [3.05, 3.63) is 58.7 Å². The number of aryl methyl sites for hydroxylation is 2. The molecule has 1 amide bonds. The van der Waals surface area contributed by atoms with Crippen LogP contribution in [0.25, 0.3) is 0 Å². The topological polar surface area (TPSA) is 82.4 Å². The Bertz CT molecular complexity index is 1150. The van der Waals surface area contributed by atoms with Gasteiger partial charge >= 0.3 is 0 Å². The number of anilines is 1. The third-order valence-corrected chi connectivity index (χ3v) is 8.21. The molecule has 2 aliphatic rings. The minimum atomic E-state index is -0.280. The molecule has 2 aromatic carbocycles. The summed E-state index contributed by atoms with van der Waals surface area (Å²) in [6, 6.07) is 13.8. The van der Waals surface area contributed by atoms with Crippen LogP contribution in [-0.4, -0.2) is 37.4 Å². The van der Waals surface area contributed by atoms with Crippen LogP contribution in [0.15, 0.2) is 36.4 Å². The lowest BCUT2D eigenvalue weighted by Gasteiger charge is -2.63. The zero-order chi connectivity index (χ0) is 26.3. The van der Waals surface area contributed by atoms with E-state index in [1.807, 2.05) is 50.2 Å². The van der Waals surface area contributed by atoms with Crippen LogP contribution in [0.1, 0.15) is 67.6 Å². The van der Waals surface area contributed by atoms with Gasteiger partial charge < -0.3 is 19.7 Å². The molecule has 1 aliphatic heterocycles. The second-order valence-electron chi connectivity index (χ2n) is 11.6. The summed E-state index contributed by atoms with van der Waals surface area (Å²) in [5, 5.41) is 12.6. The number of nitrogens with one attached hydrogen (secondary N) is 1. The lowest BCUT2D eigenvalue weighted by Crippen LogP contribution is -2.74. The fraction of sp³-hybridized carbons (Fsp3) is 0.500. The molecule has 2 fully saturated rings. The normalized spacial score (nSPS) is 22.8. The number of aldehydes is 1. The Morgan fingerprint density at radius 3 is 2.11 bits per heavy atom. The molecule has 190 valence electrons. The van der Waals surface area contributed by atoms with Crippen LogP contribution in [0.5, 0.6) is 5.75 Å². The summed E-state index contributed by atoms with van der Waals surface area (Å²) in [6.07, 6.45) is 2.72. The number of carbonyl (C=O) groups is 2. The molecule has 1 aliphatic carbocycles. The van der Waals surface area contributed by atoms with Gasteiger partial charge in [-0.1, -0.05) is 27.7 Å². The summed E-state index contributed by atoms with van der Waals surface area (Å²) in [7, 11) is 0. The second-order valence-corrected chi connectivity index (χ2v) is 11.6. The first-order chi connectivity index (χ1) is 17.0. The summed E-state index contributed by atoms with van der Waals surface area (Å²) < 4.78 is 6.47. The third-order valence-electron chi connectivity index (χ3n) is 8.21. The maximum absolute atomic E-state index is 13.2. The fourth-order valence-electron chi connectivity index (χ4n) is 6.44. The molecule has 1 heterocycles. The van der Waals surface area contributed by atoms with E-state index in [4.69, 9.17) is 4.74 Å². The monoisotopic (exact) mass is 487 g/mol. The van der Waals surface area contributed by atoms with E-state index in [1.165, 1.54) is 0 Å². The number of ether oxygens (including phenoxy) is 1. The number of benzene rings is 2. The van der Waals surface area contributed by atoms with Crippen LogP contribution in [0, 0.1) is 41.9 Å². The lowest BCUT2D eigenvalue weighted by atomic mass is 9.49. The van der Waals surface area contributed by atoms with Crippen molar-refractivity contribution in [1.29, 1.82) is 5.26 Å². The summed E-state index contributed by atoms with van der Waals surface area (Å²) in [5.41, 5.74) is 3.66. The Balaban J connectivity index is 1.42. The van der Waals surface area contributed by atoms with Crippen LogP contribution in [-0.2, 0) is 4.79 Å². The predicted octanol–water partition coefficient (Wildman–Crippen LogP) is 5.20. The van der Waals surface area contributed by atoms with Crippen molar-refractivity contribution < 1.29 is 14.3 Å². The SMILES string of the molecule is Cc1cc(OC2C(C)(C)C(NC(=O)c3ccc(N4CCC(C=O)CC4)cc3)C2(C)C)cc(C)c1C#N. The van der Waals surface area contributed by atoms with Gasteiger partial charge in [-0.25, -0.2) is 0 Å². The van der Waals surface area contributed by atoms with Crippen LogP contribution in [0.4, 0.5) is 5.69 Å². The summed E-state index contributed by atoms with van der Waals surface area (Å²) >= 11 is 0. The number of nitriles is 1. The number of hydrogen-bond acceptors (Lipinski definition) is 5. The van der Waals surface area contributed by atoms with E-state index >= 15 is 0 Å². The Morgan fingerprint density at radius 1 is 1.06 bits per heavy atom. The van der Waals surface area contributed by atoms with Crippen LogP contribution >= 0.6 is 0 Å². The maximum Gasteiger partial charge on any atom is 0.251 e. The van der Waals surface area contributed by atoms with Crippen molar-refractivity contribution in [2.24, 2.45) is 16.7 Å². The van der Waals surface area contributed by atoms with Gasteiger partial charge in [0.15, 0.2) is 0 Å². The predicted molar refractivity (Wildman–Crippen MR) is 141 cm³/mol. The highest BCUT2D eigenvalue weighted by Gasteiger charge is 2.64. The minimum absolute atomic E-state index is 0.0647. The molecule has 0 aromatic heterocycles. The molecule has 1 N–H and O–H groups in total. The molecular formula is C30H37N3O3. The number of amides is 1. The molecule has 0 spiro atoms. The van der Waals surface area contributed by atoms with Gasteiger partial charge in [0.25, 0.3) is 5.91 Å². The maximum atomic E-state index is 13.2. The van der Waals surface area contributed by atoms with E-state index in [0.717, 1.165) is 54.8 Å². The summed E-state index contributed by atoms with van der Waals surface area (Å²) in [4.78, 5) is 26.5. The third kappa shape index (κ3) is 4.59. The largest absolute Gasteiger partial charge is 0.489 e. The van der Waals surface area contributed by atoms with Crippen LogP contribution in [0.2, 0.25) is 0 Å². The second kappa shape index (κ2) is 9.61. The molecule has 6 heteroatoms. The molecule has 0 atom stereocenters. The average Bonchev–Trinajstić information content (AvgIpc) is 2.85. The highest BCUT2D eigenvalue weighted by Crippen LogP contribution is 2.55. The van der Waals surface area contributed by atoms with Crippen molar-refractivity contribution in [3.63, 3.8) is 0 Å². The van der Waals surface area contributed by atoms with Crippen molar-refractivity contribution in [3.8, 4) is 11.8 Å². The van der Waals surface area contributed by atoms with Gasteiger partial charge in [-0.15, -0.1) is 0 Å². The number of rotatable bonds is 6. The lowest BCUT2D eigenvalue weighted by molar-refractivity contribution is -0.164. The van der Waals surface area contributed by atoms with Crippen molar-refractivity contribution >= 4 is 17.9 Å². The quantitative estimate of drug-likeness (QED) is 0.566. The molecule has 0 radical (unpaired) electrons. The average molecular weight is 488 g/mol. The van der Waals surface area contributed by atoms with Gasteiger partial charge in [0.05, 0.1) is 11.6 Å². The van der Waals surface area contributed by atoms with Crippen molar-refractivity contribution in [1.82, 2.24) is 5.32 Å². The van der Waals surface area contributed by atoms with Gasteiger partial charge in [-0.3, -0.25) is 4.79 Å².